The molecule has 1 N–H and O–H groups in total. The fourth-order valence-corrected chi connectivity index (χ4v) is 3.35. The Morgan fingerprint density at radius 3 is 2.92 bits per heavy atom. The zero-order chi connectivity index (χ0) is 17.1. The van der Waals surface area contributed by atoms with Crippen molar-refractivity contribution in [2.45, 2.75) is 26.3 Å². The van der Waals surface area contributed by atoms with Crippen molar-refractivity contribution >= 4 is 28.8 Å². The normalized spacial score (nSPS) is 12.1. The molecule has 1 atom stereocenters. The van der Waals surface area contributed by atoms with Crippen molar-refractivity contribution in [1.29, 1.82) is 0 Å². The van der Waals surface area contributed by atoms with E-state index in [2.05, 4.69) is 10.3 Å². The van der Waals surface area contributed by atoms with E-state index >= 15 is 0 Å². The first-order chi connectivity index (χ1) is 11.5. The molecule has 0 aliphatic heterocycles. The van der Waals surface area contributed by atoms with E-state index in [9.17, 15) is 4.79 Å². The third kappa shape index (κ3) is 4.04. The van der Waals surface area contributed by atoms with Gasteiger partial charge in [0.2, 0.25) is 5.91 Å². The quantitative estimate of drug-likeness (QED) is 0.712. The van der Waals surface area contributed by atoms with Crippen molar-refractivity contribution in [2.75, 3.05) is 0 Å². The number of furan rings is 1. The lowest BCUT2D eigenvalue weighted by molar-refractivity contribution is -0.121. The van der Waals surface area contributed by atoms with Gasteiger partial charge in [0, 0.05) is 10.4 Å². The highest BCUT2D eigenvalue weighted by Crippen LogP contribution is 2.25. The van der Waals surface area contributed by atoms with Crippen molar-refractivity contribution in [3.8, 4) is 10.8 Å². The largest absolute Gasteiger partial charge is 0.459 e. The number of hydrogen-bond acceptors (Lipinski definition) is 4. The molecule has 0 bridgehead atoms. The van der Waals surface area contributed by atoms with Crippen molar-refractivity contribution in [1.82, 2.24) is 10.3 Å². The number of nitrogens with zero attached hydrogens (tertiary/aromatic N) is 1. The number of carbonyl (C=O) groups is 1. The van der Waals surface area contributed by atoms with Crippen LogP contribution in [0.5, 0.6) is 0 Å². The molecule has 0 spiro atoms. The number of aryl methyl sites for hydroxylation is 1. The molecule has 0 radical (unpaired) electrons. The average molecular weight is 361 g/mol. The van der Waals surface area contributed by atoms with Crippen molar-refractivity contribution in [2.24, 2.45) is 0 Å². The zero-order valence-electron chi connectivity index (χ0n) is 13.4. The van der Waals surface area contributed by atoms with E-state index in [1.807, 2.05) is 55.6 Å². The van der Waals surface area contributed by atoms with Gasteiger partial charge in [0.25, 0.3) is 0 Å². The highest BCUT2D eigenvalue weighted by Gasteiger charge is 2.14. The molecule has 124 valence electrons. The number of amides is 1. The molecule has 6 heteroatoms. The fourth-order valence-electron chi connectivity index (χ4n) is 2.37. The van der Waals surface area contributed by atoms with Gasteiger partial charge in [-0.1, -0.05) is 23.7 Å². The number of hydrogen-bond donors (Lipinski definition) is 1. The second-order valence-electron chi connectivity index (χ2n) is 5.58. The Morgan fingerprint density at radius 1 is 1.38 bits per heavy atom. The first kappa shape index (κ1) is 16.7. The minimum atomic E-state index is -0.109. The molecule has 1 unspecified atom stereocenters. The Morgan fingerprint density at radius 2 is 2.21 bits per heavy atom. The molecule has 0 aliphatic rings. The summed E-state index contributed by atoms with van der Waals surface area (Å²) in [6, 6.07) is 11.2. The van der Waals surface area contributed by atoms with Gasteiger partial charge in [0.15, 0.2) is 10.8 Å². The van der Waals surface area contributed by atoms with Crippen LogP contribution < -0.4 is 5.32 Å². The Kier molecular flexibility index (Phi) is 5.02. The summed E-state index contributed by atoms with van der Waals surface area (Å²) in [4.78, 5) is 16.7. The van der Waals surface area contributed by atoms with E-state index in [1.165, 1.54) is 11.3 Å². The summed E-state index contributed by atoms with van der Waals surface area (Å²) in [5, 5.41) is 6.30. The Bertz CT molecular complexity index is 856. The maximum atomic E-state index is 12.2. The molecule has 3 rings (SSSR count). The lowest BCUT2D eigenvalue weighted by Crippen LogP contribution is -2.28. The maximum Gasteiger partial charge on any atom is 0.226 e. The molecule has 0 saturated carbocycles. The van der Waals surface area contributed by atoms with Crippen LogP contribution in [-0.4, -0.2) is 10.9 Å². The Labute approximate surface area is 149 Å². The summed E-state index contributed by atoms with van der Waals surface area (Å²) in [6.45, 7) is 3.82. The van der Waals surface area contributed by atoms with Crippen LogP contribution in [0.4, 0.5) is 0 Å². The molecule has 0 fully saturated rings. The Hall–Kier alpha value is -2.11. The number of carbonyl (C=O) groups excluding carboxylic acids is 1. The lowest BCUT2D eigenvalue weighted by Gasteiger charge is -2.14. The summed E-state index contributed by atoms with van der Waals surface area (Å²) >= 11 is 7.46. The summed E-state index contributed by atoms with van der Waals surface area (Å²) in [5.41, 5.74) is 1.71. The van der Waals surface area contributed by atoms with E-state index in [0.29, 0.717) is 5.02 Å². The smallest absolute Gasteiger partial charge is 0.226 e. The summed E-state index contributed by atoms with van der Waals surface area (Å²) in [6.07, 6.45) is 0.237. The van der Waals surface area contributed by atoms with Crippen LogP contribution in [0.3, 0.4) is 0 Å². The predicted octanol–water partition coefficient (Wildman–Crippen LogP) is 4.78. The van der Waals surface area contributed by atoms with Gasteiger partial charge in [-0.3, -0.25) is 4.79 Å². The highest BCUT2D eigenvalue weighted by atomic mass is 35.5. The molecular formula is C18H17ClN2O2S. The summed E-state index contributed by atoms with van der Waals surface area (Å²) < 4.78 is 5.56. The van der Waals surface area contributed by atoms with Crippen LogP contribution >= 0.6 is 22.9 Å². The molecule has 3 aromatic rings. The second-order valence-corrected chi connectivity index (χ2v) is 6.87. The topological polar surface area (TPSA) is 55.1 Å². The maximum absolute atomic E-state index is 12.2. The van der Waals surface area contributed by atoms with Gasteiger partial charge in [-0.25, -0.2) is 4.98 Å². The fraction of sp³-hybridized carbons (Fsp3) is 0.222. The van der Waals surface area contributed by atoms with Crippen LogP contribution in [0.1, 0.15) is 30.0 Å². The number of halogens is 1. The van der Waals surface area contributed by atoms with Gasteiger partial charge in [-0.05, 0) is 43.7 Å². The third-order valence-electron chi connectivity index (χ3n) is 3.57. The molecule has 2 heterocycles. The highest BCUT2D eigenvalue weighted by molar-refractivity contribution is 7.13. The van der Waals surface area contributed by atoms with E-state index in [1.54, 1.807) is 0 Å². The van der Waals surface area contributed by atoms with Gasteiger partial charge in [0.05, 0.1) is 18.2 Å². The first-order valence-electron chi connectivity index (χ1n) is 7.57. The van der Waals surface area contributed by atoms with Crippen LogP contribution in [0.25, 0.3) is 10.8 Å². The minimum Gasteiger partial charge on any atom is -0.459 e. The van der Waals surface area contributed by atoms with E-state index < -0.39 is 0 Å². The molecule has 2 aromatic heterocycles. The van der Waals surface area contributed by atoms with Crippen LogP contribution in [-0.2, 0) is 11.2 Å². The lowest BCUT2D eigenvalue weighted by atomic mass is 10.1. The molecule has 24 heavy (non-hydrogen) atoms. The van der Waals surface area contributed by atoms with E-state index in [4.69, 9.17) is 16.0 Å². The standard InChI is InChI=1S/C18H17ClN2O2S/c1-11-6-7-16(23-11)18-21-15(10-24-18)9-17(22)20-12(2)13-4-3-5-14(19)8-13/h3-8,10,12H,9H2,1-2H3,(H,20,22). The molecule has 0 aliphatic carbocycles. The number of nitrogens with one attached hydrogen (secondary N) is 1. The minimum absolute atomic E-state index is 0.0741. The second kappa shape index (κ2) is 7.20. The van der Waals surface area contributed by atoms with Crippen LogP contribution in [0, 0.1) is 6.92 Å². The predicted molar refractivity (Wildman–Crippen MR) is 96.3 cm³/mol. The summed E-state index contributed by atoms with van der Waals surface area (Å²) in [7, 11) is 0. The van der Waals surface area contributed by atoms with Crippen LogP contribution in [0.2, 0.25) is 5.02 Å². The van der Waals surface area contributed by atoms with Gasteiger partial charge in [-0.2, -0.15) is 0 Å². The number of rotatable bonds is 5. The number of thiazole rings is 1. The first-order valence-corrected chi connectivity index (χ1v) is 8.83. The third-order valence-corrected chi connectivity index (χ3v) is 4.71. The zero-order valence-corrected chi connectivity index (χ0v) is 14.9. The van der Waals surface area contributed by atoms with Gasteiger partial charge < -0.3 is 9.73 Å². The monoisotopic (exact) mass is 360 g/mol. The number of benzene rings is 1. The van der Waals surface area contributed by atoms with E-state index in [0.717, 1.165) is 27.8 Å². The SMILES string of the molecule is Cc1ccc(-c2nc(CC(=O)NC(C)c3cccc(Cl)c3)cs2)o1. The Balaban J connectivity index is 1.62. The van der Waals surface area contributed by atoms with Crippen LogP contribution in [0.15, 0.2) is 46.2 Å². The van der Waals surface area contributed by atoms with E-state index in [-0.39, 0.29) is 18.4 Å². The van der Waals surface area contributed by atoms with Crippen molar-refractivity contribution in [3.63, 3.8) is 0 Å². The molecule has 4 nitrogen and oxygen atoms in total. The van der Waals surface area contributed by atoms with Gasteiger partial charge >= 0.3 is 0 Å². The number of aromatic nitrogens is 1. The van der Waals surface area contributed by atoms with Crippen molar-refractivity contribution in [3.05, 3.63) is 63.8 Å². The van der Waals surface area contributed by atoms with Crippen molar-refractivity contribution < 1.29 is 9.21 Å². The molecule has 1 aromatic carbocycles. The molecule has 0 saturated heterocycles. The summed E-state index contributed by atoms with van der Waals surface area (Å²) in [5.74, 6) is 1.50. The molecular weight excluding hydrogens is 344 g/mol. The van der Waals surface area contributed by atoms with Gasteiger partial charge in [0.1, 0.15) is 5.76 Å². The average Bonchev–Trinajstić information content (AvgIpc) is 3.16. The van der Waals surface area contributed by atoms with Gasteiger partial charge in [-0.15, -0.1) is 11.3 Å². The molecule has 1 amide bonds.